The molecule has 0 radical (unpaired) electrons. The molecule has 1 aliphatic heterocycles. The molecule has 0 N–H and O–H groups in total. The summed E-state index contributed by atoms with van der Waals surface area (Å²) in [5.41, 5.74) is 3.31. The van der Waals surface area contributed by atoms with Crippen molar-refractivity contribution in [2.24, 2.45) is 5.10 Å². The van der Waals surface area contributed by atoms with Crippen LogP contribution in [-0.4, -0.2) is 36.3 Å². The summed E-state index contributed by atoms with van der Waals surface area (Å²) >= 11 is 0. The number of imide groups is 1. The fourth-order valence-electron chi connectivity index (χ4n) is 1.63. The highest BCUT2D eigenvalue weighted by Gasteiger charge is 2.34. The van der Waals surface area contributed by atoms with Crippen molar-refractivity contribution in [2.45, 2.75) is 0 Å². The van der Waals surface area contributed by atoms with Gasteiger partial charge < -0.3 is 4.74 Å². The van der Waals surface area contributed by atoms with E-state index in [4.69, 9.17) is 4.74 Å². The van der Waals surface area contributed by atoms with Crippen molar-refractivity contribution in [3.63, 3.8) is 0 Å². The Morgan fingerprint density at radius 2 is 1.84 bits per heavy atom. The Labute approximate surface area is 110 Å². The van der Waals surface area contributed by atoms with E-state index in [0.29, 0.717) is 17.7 Å². The Morgan fingerprint density at radius 3 is 2.42 bits per heavy atom. The lowest BCUT2D eigenvalue weighted by molar-refractivity contribution is 0.0658. The molecular weight excluding hydrogens is 244 g/mol. The molecule has 0 saturated carbocycles. The maximum atomic E-state index is 11.9. The van der Waals surface area contributed by atoms with Gasteiger partial charge in [0.25, 0.3) is 11.8 Å². The number of carbonyl (C=O) groups excluding carboxylic acids is 2. The maximum Gasteiger partial charge on any atom is 0.282 e. The molecule has 2 amide bonds. The number of hydrogen-bond donors (Lipinski definition) is 0. The van der Waals surface area contributed by atoms with Gasteiger partial charge in [-0.3, -0.25) is 9.59 Å². The monoisotopic (exact) mass is 256 g/mol. The smallest absolute Gasteiger partial charge is 0.282 e. The van der Waals surface area contributed by atoms with E-state index in [2.05, 4.69) is 17.4 Å². The van der Waals surface area contributed by atoms with Gasteiger partial charge in [-0.25, -0.2) is 0 Å². The number of rotatable bonds is 5. The lowest BCUT2D eigenvalue weighted by Gasteiger charge is -2.05. The van der Waals surface area contributed by atoms with E-state index in [1.807, 2.05) is 0 Å². The normalized spacial score (nSPS) is 13.8. The topological polar surface area (TPSA) is 59.0 Å². The zero-order valence-corrected chi connectivity index (χ0v) is 10.2. The first-order valence-electron chi connectivity index (χ1n) is 5.68. The average Bonchev–Trinajstić information content (AvgIpc) is 2.68. The Hall–Kier alpha value is -2.49. The van der Waals surface area contributed by atoms with Crippen LogP contribution in [0.3, 0.4) is 0 Å². The van der Waals surface area contributed by atoms with Crippen LogP contribution in [0, 0.1) is 0 Å². The molecule has 5 nitrogen and oxygen atoms in total. The molecule has 1 aromatic rings. The van der Waals surface area contributed by atoms with E-state index in [-0.39, 0.29) is 6.61 Å². The molecular formula is C14H12N2O3. The van der Waals surface area contributed by atoms with Crippen LogP contribution in [0.15, 0.2) is 47.8 Å². The van der Waals surface area contributed by atoms with E-state index < -0.39 is 11.8 Å². The number of hydrazone groups is 1. The van der Waals surface area contributed by atoms with Crippen LogP contribution < -0.4 is 0 Å². The van der Waals surface area contributed by atoms with Crippen LogP contribution >= 0.6 is 0 Å². The molecule has 0 bridgehead atoms. The summed E-state index contributed by atoms with van der Waals surface area (Å²) in [4.78, 5) is 23.8. The van der Waals surface area contributed by atoms with Gasteiger partial charge in [0.2, 0.25) is 0 Å². The van der Waals surface area contributed by atoms with Gasteiger partial charge >= 0.3 is 0 Å². The van der Waals surface area contributed by atoms with Gasteiger partial charge in [0.15, 0.2) is 0 Å². The zero-order chi connectivity index (χ0) is 13.7. The fourth-order valence-corrected chi connectivity index (χ4v) is 1.63. The molecule has 19 heavy (non-hydrogen) atoms. The van der Waals surface area contributed by atoms with Gasteiger partial charge in [0.05, 0.1) is 30.6 Å². The van der Waals surface area contributed by atoms with Gasteiger partial charge in [-0.15, -0.1) is 5.73 Å². The predicted octanol–water partition coefficient (Wildman–Crippen LogP) is 1.63. The van der Waals surface area contributed by atoms with Gasteiger partial charge in [-0.1, -0.05) is 18.7 Å². The Kier molecular flexibility index (Phi) is 4.03. The summed E-state index contributed by atoms with van der Waals surface area (Å²) in [6.45, 7) is 3.95. The van der Waals surface area contributed by atoms with Crippen molar-refractivity contribution in [2.75, 3.05) is 13.2 Å². The van der Waals surface area contributed by atoms with Crippen molar-refractivity contribution in [1.82, 2.24) is 5.01 Å². The summed E-state index contributed by atoms with van der Waals surface area (Å²) in [5, 5.41) is 4.68. The standard InChI is InChI=1S/C14H12N2O3/c1-2-3-9-19-10-8-15-16-13(17)11-6-4-5-7-12(11)14(16)18/h3-8H,1,9-10H2/b15-8+. The van der Waals surface area contributed by atoms with Crippen LogP contribution in [0.5, 0.6) is 0 Å². The molecule has 96 valence electrons. The third kappa shape index (κ3) is 2.68. The summed E-state index contributed by atoms with van der Waals surface area (Å²) in [6, 6.07) is 6.64. The fraction of sp³-hybridized carbons (Fsp3) is 0.143. The molecule has 0 fully saturated rings. The highest BCUT2D eigenvalue weighted by molar-refractivity contribution is 6.21. The lowest BCUT2D eigenvalue weighted by Crippen LogP contribution is -2.24. The van der Waals surface area contributed by atoms with Crippen LogP contribution in [0.1, 0.15) is 20.7 Å². The highest BCUT2D eigenvalue weighted by Crippen LogP contribution is 2.22. The van der Waals surface area contributed by atoms with Crippen molar-refractivity contribution < 1.29 is 14.3 Å². The van der Waals surface area contributed by atoms with Gasteiger partial charge in [-0.2, -0.15) is 10.1 Å². The maximum absolute atomic E-state index is 11.9. The van der Waals surface area contributed by atoms with E-state index in [9.17, 15) is 9.59 Å². The zero-order valence-electron chi connectivity index (χ0n) is 10.2. The van der Waals surface area contributed by atoms with Crippen LogP contribution in [-0.2, 0) is 4.74 Å². The van der Waals surface area contributed by atoms with Gasteiger partial charge in [0, 0.05) is 0 Å². The summed E-state index contributed by atoms with van der Waals surface area (Å²) in [5.74, 6) is -0.828. The number of nitrogens with zero attached hydrogens (tertiary/aromatic N) is 2. The highest BCUT2D eigenvalue weighted by atomic mass is 16.5. The number of ether oxygens (including phenoxy) is 1. The molecule has 0 spiro atoms. The van der Waals surface area contributed by atoms with E-state index in [0.717, 1.165) is 5.01 Å². The Bertz CT molecular complexity index is 551. The van der Waals surface area contributed by atoms with Crippen molar-refractivity contribution in [3.8, 4) is 0 Å². The second-order valence-corrected chi connectivity index (χ2v) is 3.71. The molecule has 2 rings (SSSR count). The minimum Gasteiger partial charge on any atom is -0.371 e. The molecule has 0 atom stereocenters. The van der Waals surface area contributed by atoms with E-state index >= 15 is 0 Å². The molecule has 1 aromatic carbocycles. The van der Waals surface area contributed by atoms with Gasteiger partial charge in [0.1, 0.15) is 0 Å². The Morgan fingerprint density at radius 1 is 1.21 bits per heavy atom. The number of amides is 2. The lowest BCUT2D eigenvalue weighted by atomic mass is 10.1. The molecule has 1 heterocycles. The molecule has 0 unspecified atom stereocenters. The first-order chi connectivity index (χ1) is 9.25. The van der Waals surface area contributed by atoms with Crippen molar-refractivity contribution in [3.05, 3.63) is 53.8 Å². The molecule has 0 aliphatic carbocycles. The van der Waals surface area contributed by atoms with E-state index in [1.54, 1.807) is 30.3 Å². The molecule has 1 aliphatic rings. The minimum absolute atomic E-state index is 0.200. The second-order valence-electron chi connectivity index (χ2n) is 3.71. The third-order valence-corrected chi connectivity index (χ3v) is 2.51. The first kappa shape index (κ1) is 13.0. The van der Waals surface area contributed by atoms with Gasteiger partial charge in [-0.05, 0) is 18.2 Å². The summed E-state index contributed by atoms with van der Waals surface area (Å²) < 4.78 is 5.12. The second kappa shape index (κ2) is 5.91. The third-order valence-electron chi connectivity index (χ3n) is 2.51. The average molecular weight is 256 g/mol. The largest absolute Gasteiger partial charge is 0.371 e. The van der Waals surface area contributed by atoms with Crippen molar-refractivity contribution in [1.29, 1.82) is 0 Å². The number of fused-ring (bicyclic) bond motifs is 1. The summed E-state index contributed by atoms with van der Waals surface area (Å²) in [6.07, 6.45) is 2.99. The number of hydrogen-bond acceptors (Lipinski definition) is 4. The molecule has 0 aromatic heterocycles. The quantitative estimate of drug-likeness (QED) is 0.348. The first-order valence-corrected chi connectivity index (χ1v) is 5.68. The SMILES string of the molecule is C=C=CCOC/C=N/N1C(=O)c2ccccc2C1=O. The van der Waals surface area contributed by atoms with Crippen LogP contribution in [0.25, 0.3) is 0 Å². The molecule has 5 heteroatoms. The van der Waals surface area contributed by atoms with E-state index in [1.165, 1.54) is 6.21 Å². The Balaban J connectivity index is 2.00. The predicted molar refractivity (Wildman–Crippen MR) is 70.0 cm³/mol. The summed E-state index contributed by atoms with van der Waals surface area (Å²) in [7, 11) is 0. The van der Waals surface area contributed by atoms with Crippen molar-refractivity contribution >= 4 is 18.0 Å². The minimum atomic E-state index is -0.414. The number of carbonyl (C=O) groups is 2. The van der Waals surface area contributed by atoms with Crippen LogP contribution in [0.2, 0.25) is 0 Å². The van der Waals surface area contributed by atoms with Crippen LogP contribution in [0.4, 0.5) is 0 Å². The molecule has 0 saturated heterocycles. The number of benzene rings is 1.